The van der Waals surface area contributed by atoms with Crippen molar-refractivity contribution in [1.82, 2.24) is 14.9 Å². The summed E-state index contributed by atoms with van der Waals surface area (Å²) in [5.74, 6) is 1.07. The van der Waals surface area contributed by atoms with E-state index >= 15 is 0 Å². The minimum absolute atomic E-state index is 0.0628. The summed E-state index contributed by atoms with van der Waals surface area (Å²) in [6.45, 7) is 6.58. The number of hydrogen-bond donors (Lipinski definition) is 1. The molecule has 8 nitrogen and oxygen atoms in total. The Morgan fingerprint density at radius 3 is 2.53 bits per heavy atom. The number of aromatic nitrogens is 2. The van der Waals surface area contributed by atoms with Crippen LogP contribution in [0.25, 0.3) is 11.4 Å². The maximum Gasteiger partial charge on any atom is 0.242 e. The molecule has 3 aromatic rings. The first-order valence-corrected chi connectivity index (χ1v) is 12.1. The lowest BCUT2D eigenvalue weighted by atomic mass is 10.0. The van der Waals surface area contributed by atoms with Crippen LogP contribution >= 0.6 is 0 Å². The predicted octanol–water partition coefficient (Wildman–Crippen LogP) is 3.77. The second-order valence-corrected chi connectivity index (χ2v) is 9.98. The standard InChI is InChI=1S/C23H26N4O4S/c1-15(2)17-6-8-18(9-7-17)23-25-21(31-26-23)14-24-32(29,30)19-10-11-20(16(3)13-19)27-12-4-5-22(27)28/h6-11,13,15,24H,4-5,12,14H2,1-3H3. The molecule has 0 atom stereocenters. The third-order valence-electron chi connectivity index (χ3n) is 5.56. The van der Waals surface area contributed by atoms with Gasteiger partial charge in [0.2, 0.25) is 27.6 Å². The molecule has 0 radical (unpaired) electrons. The van der Waals surface area contributed by atoms with Crippen LogP contribution < -0.4 is 9.62 Å². The third-order valence-corrected chi connectivity index (χ3v) is 6.96. The Bertz CT molecular complexity index is 1230. The van der Waals surface area contributed by atoms with Crippen LogP contribution in [0.2, 0.25) is 0 Å². The molecule has 168 valence electrons. The van der Waals surface area contributed by atoms with E-state index < -0.39 is 10.0 Å². The van der Waals surface area contributed by atoms with Crippen molar-refractivity contribution >= 4 is 21.6 Å². The summed E-state index contributed by atoms with van der Waals surface area (Å²) in [5, 5.41) is 3.95. The lowest BCUT2D eigenvalue weighted by Gasteiger charge is -2.19. The number of amides is 1. The first-order valence-electron chi connectivity index (χ1n) is 10.6. The van der Waals surface area contributed by atoms with Crippen LogP contribution in [0, 0.1) is 6.92 Å². The van der Waals surface area contributed by atoms with Crippen LogP contribution in [-0.4, -0.2) is 31.0 Å². The van der Waals surface area contributed by atoms with Gasteiger partial charge in [0.05, 0.1) is 11.4 Å². The van der Waals surface area contributed by atoms with Crippen molar-refractivity contribution in [2.75, 3.05) is 11.4 Å². The molecular weight excluding hydrogens is 428 g/mol. The molecular formula is C23H26N4O4S. The van der Waals surface area contributed by atoms with Crippen molar-refractivity contribution in [2.45, 2.75) is 51.0 Å². The quantitative estimate of drug-likeness (QED) is 0.583. The number of aryl methyl sites for hydroxylation is 1. The van der Waals surface area contributed by atoms with E-state index in [-0.39, 0.29) is 23.2 Å². The van der Waals surface area contributed by atoms with Crippen LogP contribution in [0.4, 0.5) is 5.69 Å². The van der Waals surface area contributed by atoms with Crippen molar-refractivity contribution < 1.29 is 17.7 Å². The fourth-order valence-corrected chi connectivity index (χ4v) is 4.76. The van der Waals surface area contributed by atoms with Crippen LogP contribution in [0.15, 0.2) is 51.9 Å². The molecule has 1 amide bonds. The predicted molar refractivity (Wildman–Crippen MR) is 121 cm³/mol. The second kappa shape index (κ2) is 8.84. The molecule has 0 unspecified atom stereocenters. The monoisotopic (exact) mass is 454 g/mol. The van der Waals surface area contributed by atoms with E-state index in [0.29, 0.717) is 24.7 Å². The molecule has 0 spiro atoms. The van der Waals surface area contributed by atoms with Gasteiger partial charge < -0.3 is 9.42 Å². The van der Waals surface area contributed by atoms with Crippen molar-refractivity contribution in [2.24, 2.45) is 0 Å². The maximum atomic E-state index is 12.8. The Morgan fingerprint density at radius 2 is 1.91 bits per heavy atom. The summed E-state index contributed by atoms with van der Waals surface area (Å²) < 4.78 is 33.2. The highest BCUT2D eigenvalue weighted by Crippen LogP contribution is 2.27. The van der Waals surface area contributed by atoms with E-state index in [1.807, 2.05) is 24.3 Å². The average molecular weight is 455 g/mol. The normalized spacial score (nSPS) is 14.5. The molecule has 0 saturated carbocycles. The molecule has 2 aromatic carbocycles. The van der Waals surface area contributed by atoms with E-state index in [0.717, 1.165) is 23.2 Å². The lowest BCUT2D eigenvalue weighted by Crippen LogP contribution is -2.26. The smallest absolute Gasteiger partial charge is 0.242 e. The van der Waals surface area contributed by atoms with Gasteiger partial charge in [0.15, 0.2) is 0 Å². The van der Waals surface area contributed by atoms with Crippen molar-refractivity contribution in [1.29, 1.82) is 0 Å². The Hall–Kier alpha value is -3.04. The minimum atomic E-state index is -3.79. The first-order chi connectivity index (χ1) is 15.2. The maximum absolute atomic E-state index is 12.8. The fourth-order valence-electron chi connectivity index (χ4n) is 3.70. The van der Waals surface area contributed by atoms with Gasteiger partial charge in [-0.1, -0.05) is 43.3 Å². The zero-order chi connectivity index (χ0) is 22.9. The minimum Gasteiger partial charge on any atom is -0.338 e. The second-order valence-electron chi connectivity index (χ2n) is 8.21. The van der Waals surface area contributed by atoms with Gasteiger partial charge in [-0.3, -0.25) is 4.79 Å². The number of carbonyl (C=O) groups excluding carboxylic acids is 1. The van der Waals surface area contributed by atoms with Gasteiger partial charge in [0.1, 0.15) is 0 Å². The summed E-state index contributed by atoms with van der Waals surface area (Å²) in [7, 11) is -3.79. The highest BCUT2D eigenvalue weighted by atomic mass is 32.2. The molecule has 1 aliphatic rings. The van der Waals surface area contributed by atoms with Crippen LogP contribution in [0.5, 0.6) is 0 Å². The number of hydrogen-bond acceptors (Lipinski definition) is 6. The molecule has 1 saturated heterocycles. The van der Waals surface area contributed by atoms with Crippen LogP contribution in [-0.2, 0) is 21.4 Å². The number of nitrogens with zero attached hydrogens (tertiary/aromatic N) is 3. The highest BCUT2D eigenvalue weighted by Gasteiger charge is 2.24. The van der Waals surface area contributed by atoms with Crippen LogP contribution in [0.1, 0.15) is 49.6 Å². The largest absolute Gasteiger partial charge is 0.338 e. The molecule has 1 N–H and O–H groups in total. The number of anilines is 1. The Labute approximate surface area is 187 Å². The molecule has 4 rings (SSSR count). The molecule has 32 heavy (non-hydrogen) atoms. The summed E-state index contributed by atoms with van der Waals surface area (Å²) in [6.07, 6.45) is 1.34. The van der Waals surface area contributed by atoms with Gasteiger partial charge in [-0.25, -0.2) is 13.1 Å². The van der Waals surface area contributed by atoms with Gasteiger partial charge in [-0.15, -0.1) is 0 Å². The SMILES string of the molecule is Cc1cc(S(=O)(=O)NCc2nc(-c3ccc(C(C)C)cc3)no2)ccc1N1CCCC1=O. The van der Waals surface area contributed by atoms with Gasteiger partial charge in [-0.05, 0) is 48.6 Å². The lowest BCUT2D eigenvalue weighted by molar-refractivity contribution is -0.117. The Kier molecular flexibility index (Phi) is 6.12. The van der Waals surface area contributed by atoms with Crippen molar-refractivity contribution in [3.8, 4) is 11.4 Å². The molecule has 1 aliphatic heterocycles. The van der Waals surface area contributed by atoms with Crippen molar-refractivity contribution in [3.05, 3.63) is 59.5 Å². The van der Waals surface area contributed by atoms with Gasteiger partial charge >= 0.3 is 0 Å². The molecule has 0 aliphatic carbocycles. The zero-order valence-corrected chi connectivity index (χ0v) is 19.1. The molecule has 2 heterocycles. The van der Waals surface area contributed by atoms with E-state index in [2.05, 4.69) is 28.7 Å². The van der Waals surface area contributed by atoms with Gasteiger partial charge in [0, 0.05) is 24.2 Å². The topological polar surface area (TPSA) is 105 Å². The van der Waals surface area contributed by atoms with Gasteiger partial charge in [0.25, 0.3) is 0 Å². The summed E-state index contributed by atoms with van der Waals surface area (Å²) in [4.78, 5) is 18.1. The number of benzene rings is 2. The van der Waals surface area contributed by atoms with Crippen molar-refractivity contribution in [3.63, 3.8) is 0 Å². The van der Waals surface area contributed by atoms with E-state index in [1.54, 1.807) is 24.0 Å². The molecule has 1 aromatic heterocycles. The zero-order valence-electron chi connectivity index (χ0n) is 18.3. The Morgan fingerprint density at radius 1 is 1.16 bits per heavy atom. The highest BCUT2D eigenvalue weighted by molar-refractivity contribution is 7.89. The molecule has 9 heteroatoms. The molecule has 1 fully saturated rings. The number of nitrogens with one attached hydrogen (secondary N) is 1. The van der Waals surface area contributed by atoms with Crippen LogP contribution in [0.3, 0.4) is 0 Å². The van der Waals surface area contributed by atoms with E-state index in [9.17, 15) is 13.2 Å². The first kappa shape index (κ1) is 22.2. The summed E-state index contributed by atoms with van der Waals surface area (Å²) >= 11 is 0. The van der Waals surface area contributed by atoms with E-state index in [1.165, 1.54) is 11.6 Å². The number of sulfonamides is 1. The van der Waals surface area contributed by atoms with E-state index in [4.69, 9.17) is 4.52 Å². The molecule has 0 bridgehead atoms. The fraction of sp³-hybridized carbons (Fsp3) is 0.348. The third kappa shape index (κ3) is 4.58. The number of rotatable bonds is 7. The summed E-state index contributed by atoms with van der Waals surface area (Å²) in [6, 6.07) is 12.6. The Balaban J connectivity index is 1.44. The summed E-state index contributed by atoms with van der Waals surface area (Å²) in [5.41, 5.74) is 3.49. The van der Waals surface area contributed by atoms with Gasteiger partial charge in [-0.2, -0.15) is 4.98 Å². The average Bonchev–Trinajstić information content (AvgIpc) is 3.41. The number of carbonyl (C=O) groups is 1.